The molecule has 1 aliphatic rings. The first-order chi connectivity index (χ1) is 12.5. The zero-order valence-corrected chi connectivity index (χ0v) is 14.9. The van der Waals surface area contributed by atoms with Gasteiger partial charge in [-0.05, 0) is 61.4 Å². The standard InChI is InChI=1S/C19H18FN3O2S/c20-16-4-6-17(7-5-16)26(24,25)23-12-9-14(10-13-23)18-8-3-15-2-1-11-21-19(15)22-18/h1-8,11,14H,9-10,12-13H2. The molecule has 134 valence electrons. The van der Waals surface area contributed by atoms with E-state index in [9.17, 15) is 12.8 Å². The number of nitrogens with zero attached hydrogens (tertiary/aromatic N) is 3. The second-order valence-electron chi connectivity index (χ2n) is 6.42. The Bertz CT molecular complexity index is 1030. The van der Waals surface area contributed by atoms with Crippen LogP contribution in [0.1, 0.15) is 24.5 Å². The number of hydrogen-bond donors (Lipinski definition) is 0. The van der Waals surface area contributed by atoms with Crippen molar-refractivity contribution in [3.63, 3.8) is 0 Å². The van der Waals surface area contributed by atoms with Crippen molar-refractivity contribution in [2.75, 3.05) is 13.1 Å². The quantitative estimate of drug-likeness (QED) is 0.708. The lowest BCUT2D eigenvalue weighted by Gasteiger charge is -2.31. The highest BCUT2D eigenvalue weighted by Gasteiger charge is 2.30. The fourth-order valence-corrected chi connectivity index (χ4v) is 4.81. The smallest absolute Gasteiger partial charge is 0.237 e. The van der Waals surface area contributed by atoms with E-state index in [1.807, 2.05) is 24.3 Å². The predicted octanol–water partition coefficient (Wildman–Crippen LogP) is 3.34. The number of hydrogen-bond acceptors (Lipinski definition) is 4. The zero-order chi connectivity index (χ0) is 18.1. The maximum atomic E-state index is 13.0. The van der Waals surface area contributed by atoms with Gasteiger partial charge in [-0.3, -0.25) is 0 Å². The SMILES string of the molecule is O=S(=O)(c1ccc(F)cc1)N1CCC(c2ccc3cccnc3n2)CC1. The molecule has 0 radical (unpaired) electrons. The number of pyridine rings is 2. The minimum atomic E-state index is -3.59. The molecular formula is C19H18FN3O2S. The highest BCUT2D eigenvalue weighted by molar-refractivity contribution is 7.89. The molecule has 2 aromatic heterocycles. The highest BCUT2D eigenvalue weighted by Crippen LogP contribution is 2.30. The van der Waals surface area contributed by atoms with Crippen LogP contribution in [0.2, 0.25) is 0 Å². The summed E-state index contributed by atoms with van der Waals surface area (Å²) >= 11 is 0. The van der Waals surface area contributed by atoms with Crippen LogP contribution < -0.4 is 0 Å². The van der Waals surface area contributed by atoms with Crippen LogP contribution in [-0.4, -0.2) is 35.8 Å². The summed E-state index contributed by atoms with van der Waals surface area (Å²) in [6, 6.07) is 12.8. The van der Waals surface area contributed by atoms with Gasteiger partial charge in [0.2, 0.25) is 10.0 Å². The Hall–Kier alpha value is -2.38. The van der Waals surface area contributed by atoms with E-state index in [1.54, 1.807) is 6.20 Å². The van der Waals surface area contributed by atoms with Crippen molar-refractivity contribution in [3.8, 4) is 0 Å². The number of aromatic nitrogens is 2. The Morgan fingerprint density at radius 3 is 2.46 bits per heavy atom. The summed E-state index contributed by atoms with van der Waals surface area (Å²) in [7, 11) is -3.59. The summed E-state index contributed by atoms with van der Waals surface area (Å²) in [6.07, 6.45) is 3.12. The van der Waals surface area contributed by atoms with Crippen LogP contribution in [-0.2, 0) is 10.0 Å². The van der Waals surface area contributed by atoms with Crippen molar-refractivity contribution in [1.29, 1.82) is 0 Å². The lowest BCUT2D eigenvalue weighted by Crippen LogP contribution is -2.38. The molecule has 1 saturated heterocycles. The molecule has 0 amide bonds. The fraction of sp³-hybridized carbons (Fsp3) is 0.263. The van der Waals surface area contributed by atoms with E-state index in [0.717, 1.165) is 11.1 Å². The average molecular weight is 371 g/mol. The van der Waals surface area contributed by atoms with E-state index >= 15 is 0 Å². The molecule has 0 unspecified atom stereocenters. The largest absolute Gasteiger partial charge is 0.243 e. The third kappa shape index (κ3) is 3.20. The average Bonchev–Trinajstić information content (AvgIpc) is 2.68. The highest BCUT2D eigenvalue weighted by atomic mass is 32.2. The number of rotatable bonds is 3. The molecule has 3 aromatic rings. The molecule has 0 spiro atoms. The van der Waals surface area contributed by atoms with Crippen LogP contribution in [0.25, 0.3) is 11.0 Å². The van der Waals surface area contributed by atoms with Gasteiger partial charge in [-0.15, -0.1) is 0 Å². The number of fused-ring (bicyclic) bond motifs is 1. The van der Waals surface area contributed by atoms with Crippen molar-refractivity contribution in [3.05, 3.63) is 66.2 Å². The van der Waals surface area contributed by atoms with Crippen molar-refractivity contribution >= 4 is 21.1 Å². The van der Waals surface area contributed by atoms with Gasteiger partial charge in [-0.2, -0.15) is 4.31 Å². The third-order valence-corrected chi connectivity index (χ3v) is 6.72. The van der Waals surface area contributed by atoms with Crippen molar-refractivity contribution in [1.82, 2.24) is 14.3 Å². The summed E-state index contributed by atoms with van der Waals surface area (Å²) in [6.45, 7) is 0.846. The van der Waals surface area contributed by atoms with Crippen molar-refractivity contribution < 1.29 is 12.8 Å². The van der Waals surface area contributed by atoms with Crippen molar-refractivity contribution in [2.24, 2.45) is 0 Å². The van der Waals surface area contributed by atoms with E-state index in [2.05, 4.69) is 9.97 Å². The molecule has 4 rings (SSSR count). The lowest BCUT2D eigenvalue weighted by atomic mass is 9.94. The summed E-state index contributed by atoms with van der Waals surface area (Å²) in [5.41, 5.74) is 1.67. The minimum absolute atomic E-state index is 0.130. The first kappa shape index (κ1) is 17.1. The summed E-state index contributed by atoms with van der Waals surface area (Å²) in [5, 5.41) is 0.993. The predicted molar refractivity (Wildman–Crippen MR) is 96.7 cm³/mol. The zero-order valence-electron chi connectivity index (χ0n) is 14.0. The number of piperidine rings is 1. The van der Waals surface area contributed by atoms with E-state index < -0.39 is 15.8 Å². The normalized spacial score (nSPS) is 16.8. The van der Waals surface area contributed by atoms with Crippen molar-refractivity contribution in [2.45, 2.75) is 23.7 Å². The maximum absolute atomic E-state index is 13.0. The van der Waals surface area contributed by atoms with Crippen LogP contribution in [0, 0.1) is 5.82 Å². The second kappa shape index (κ2) is 6.74. The summed E-state index contributed by atoms with van der Waals surface area (Å²) in [4.78, 5) is 9.05. The Morgan fingerprint density at radius 1 is 1.00 bits per heavy atom. The van der Waals surface area contributed by atoms with Gasteiger partial charge in [0.1, 0.15) is 5.82 Å². The Morgan fingerprint density at radius 2 is 1.73 bits per heavy atom. The van der Waals surface area contributed by atoms with Gasteiger partial charge >= 0.3 is 0 Å². The van der Waals surface area contributed by atoms with E-state index in [4.69, 9.17) is 0 Å². The van der Waals surface area contributed by atoms with Gasteiger partial charge in [-0.1, -0.05) is 0 Å². The topological polar surface area (TPSA) is 63.2 Å². The maximum Gasteiger partial charge on any atom is 0.243 e. The summed E-state index contributed by atoms with van der Waals surface area (Å²) in [5.74, 6) is -0.236. The first-order valence-electron chi connectivity index (χ1n) is 8.51. The Kier molecular flexibility index (Phi) is 4.42. The van der Waals surface area contributed by atoms with Gasteiger partial charge in [0.05, 0.1) is 4.90 Å². The van der Waals surface area contributed by atoms with Crippen LogP contribution in [0.4, 0.5) is 4.39 Å². The number of sulfonamides is 1. The van der Waals surface area contributed by atoms with Crippen LogP contribution in [0.3, 0.4) is 0 Å². The first-order valence-corrected chi connectivity index (χ1v) is 9.95. The molecular weight excluding hydrogens is 353 g/mol. The molecule has 0 aliphatic carbocycles. The molecule has 1 aliphatic heterocycles. The second-order valence-corrected chi connectivity index (χ2v) is 8.36. The molecule has 26 heavy (non-hydrogen) atoms. The Balaban J connectivity index is 1.50. The monoisotopic (exact) mass is 371 g/mol. The molecule has 0 N–H and O–H groups in total. The molecule has 1 aromatic carbocycles. The van der Waals surface area contributed by atoms with E-state index in [0.29, 0.717) is 31.6 Å². The minimum Gasteiger partial charge on any atom is -0.237 e. The van der Waals surface area contributed by atoms with Gasteiger partial charge in [0.15, 0.2) is 5.65 Å². The molecule has 0 saturated carbocycles. The van der Waals surface area contributed by atoms with E-state index in [1.165, 1.54) is 28.6 Å². The third-order valence-electron chi connectivity index (χ3n) is 4.81. The molecule has 1 fully saturated rings. The molecule has 7 heteroatoms. The van der Waals surface area contributed by atoms with Gasteiger partial charge in [0.25, 0.3) is 0 Å². The molecule has 0 atom stereocenters. The van der Waals surface area contributed by atoms with Crippen LogP contribution >= 0.6 is 0 Å². The summed E-state index contributed by atoms with van der Waals surface area (Å²) < 4.78 is 39.9. The molecule has 3 heterocycles. The molecule has 5 nitrogen and oxygen atoms in total. The lowest BCUT2D eigenvalue weighted by molar-refractivity contribution is 0.317. The fourth-order valence-electron chi connectivity index (χ4n) is 3.34. The number of halogens is 1. The van der Waals surface area contributed by atoms with Gasteiger partial charge < -0.3 is 0 Å². The Labute approximate surface area is 151 Å². The van der Waals surface area contributed by atoms with Crippen LogP contribution in [0.15, 0.2) is 59.6 Å². The van der Waals surface area contributed by atoms with Gasteiger partial charge in [0, 0.05) is 36.3 Å². The van der Waals surface area contributed by atoms with E-state index in [-0.39, 0.29) is 10.8 Å². The van der Waals surface area contributed by atoms with Crippen LogP contribution in [0.5, 0.6) is 0 Å². The molecule has 0 bridgehead atoms. The number of benzene rings is 1. The van der Waals surface area contributed by atoms with Gasteiger partial charge in [-0.25, -0.2) is 22.8 Å².